The Bertz CT molecular complexity index is 919. The van der Waals surface area contributed by atoms with E-state index in [1.807, 2.05) is 4.90 Å². The minimum atomic E-state index is -0.877. The predicted molar refractivity (Wildman–Crippen MR) is 212 cm³/mol. The highest BCUT2D eigenvalue weighted by atomic mass is 16.6. The number of allylic oxidation sites excluding steroid dienone is 4. The number of hydrogen-bond donors (Lipinski definition) is 2. The maximum atomic E-state index is 12.6. The summed E-state index contributed by atoms with van der Waals surface area (Å²) in [4.78, 5) is 39.5. The second kappa shape index (κ2) is 35.6. The van der Waals surface area contributed by atoms with Gasteiger partial charge < -0.3 is 24.6 Å². The summed E-state index contributed by atoms with van der Waals surface area (Å²) < 4.78 is 16.4. The summed E-state index contributed by atoms with van der Waals surface area (Å²) in [5.74, 6) is -0.663. The Balaban J connectivity index is 2.23. The molecule has 1 aliphatic rings. The number of carbonyl (C=O) groups excluding carboxylic acids is 3. The number of carbonyl (C=O) groups is 3. The Morgan fingerprint density at radius 1 is 0.635 bits per heavy atom. The molecule has 1 amide bonds. The van der Waals surface area contributed by atoms with Gasteiger partial charge in [0, 0.05) is 32.5 Å². The Morgan fingerprint density at radius 2 is 1.06 bits per heavy atom. The van der Waals surface area contributed by atoms with E-state index in [1.165, 1.54) is 89.9 Å². The van der Waals surface area contributed by atoms with Crippen LogP contribution in [-0.2, 0) is 23.8 Å². The molecule has 1 saturated heterocycles. The molecule has 0 aromatic rings. The molecule has 0 bridgehead atoms. The summed E-state index contributed by atoms with van der Waals surface area (Å²) >= 11 is 0. The van der Waals surface area contributed by atoms with E-state index in [1.54, 1.807) is 0 Å². The summed E-state index contributed by atoms with van der Waals surface area (Å²) in [7, 11) is 0. The van der Waals surface area contributed by atoms with Crippen LogP contribution in [0, 0.1) is 0 Å². The smallest absolute Gasteiger partial charge is 0.407 e. The van der Waals surface area contributed by atoms with Gasteiger partial charge in [-0.05, 0) is 44.9 Å². The van der Waals surface area contributed by atoms with Crippen LogP contribution >= 0.6 is 0 Å². The largest absolute Gasteiger partial charge is 0.462 e. The third-order valence-electron chi connectivity index (χ3n) is 9.65. The van der Waals surface area contributed by atoms with Crippen LogP contribution in [0.15, 0.2) is 24.3 Å². The van der Waals surface area contributed by atoms with E-state index in [9.17, 15) is 14.4 Å². The van der Waals surface area contributed by atoms with Crippen molar-refractivity contribution in [1.29, 1.82) is 0 Å². The van der Waals surface area contributed by atoms with Crippen LogP contribution in [0.2, 0.25) is 0 Å². The first-order valence-electron chi connectivity index (χ1n) is 21.4. The quantitative estimate of drug-likeness (QED) is 0.0283. The highest BCUT2D eigenvalue weighted by Crippen LogP contribution is 2.14. The van der Waals surface area contributed by atoms with Crippen molar-refractivity contribution in [2.75, 3.05) is 39.5 Å². The molecular weight excluding hydrogens is 656 g/mol. The summed E-state index contributed by atoms with van der Waals surface area (Å²) in [6, 6.07) is -0.0707. The zero-order valence-electron chi connectivity index (χ0n) is 33.4. The minimum Gasteiger partial charge on any atom is -0.462 e. The summed E-state index contributed by atoms with van der Waals surface area (Å²) in [6.07, 6.45) is 36.5. The number of hydrogen-bond acceptors (Lipinski definition) is 8. The number of rotatable bonds is 36. The van der Waals surface area contributed by atoms with Crippen molar-refractivity contribution in [1.82, 2.24) is 10.2 Å². The van der Waals surface area contributed by atoms with Gasteiger partial charge in [0.25, 0.3) is 0 Å². The molecule has 0 aromatic heterocycles. The van der Waals surface area contributed by atoms with Gasteiger partial charge in [-0.3, -0.25) is 14.5 Å². The molecule has 302 valence electrons. The standard InChI is InChI=1S/C43H78N2O7/c1-3-5-7-9-11-13-15-17-18-20-22-24-26-28-30-32-42(48)51-38-40(52-43(49)44-39-35-45(36-39)33-34-46)37-50-41(47)31-29-27-25-23-21-19-16-14-12-10-8-6-4-2/h11,13,17-18,39-40,46H,3-10,12,14-16,19-38H2,1-2H3,(H,44,49)/b13-11-,18-17-. The van der Waals surface area contributed by atoms with E-state index < -0.39 is 12.2 Å². The monoisotopic (exact) mass is 735 g/mol. The first-order valence-corrected chi connectivity index (χ1v) is 21.4. The Hall–Kier alpha value is -2.39. The summed E-state index contributed by atoms with van der Waals surface area (Å²) in [5, 5.41) is 11.9. The number of nitrogens with zero attached hydrogens (tertiary/aromatic N) is 1. The molecular formula is C43H78N2O7. The lowest BCUT2D eigenvalue weighted by Gasteiger charge is -2.38. The minimum absolute atomic E-state index is 0.0707. The van der Waals surface area contributed by atoms with Crippen molar-refractivity contribution in [3.63, 3.8) is 0 Å². The van der Waals surface area contributed by atoms with Crippen LogP contribution in [0.1, 0.15) is 181 Å². The van der Waals surface area contributed by atoms with Crippen molar-refractivity contribution < 1.29 is 33.7 Å². The molecule has 2 N–H and O–H groups in total. The molecule has 9 heteroatoms. The summed E-state index contributed by atoms with van der Waals surface area (Å²) in [6.45, 7) is 6.09. The molecule has 0 spiro atoms. The predicted octanol–water partition coefficient (Wildman–Crippen LogP) is 10.1. The average molecular weight is 735 g/mol. The van der Waals surface area contributed by atoms with Gasteiger partial charge in [0.2, 0.25) is 0 Å². The van der Waals surface area contributed by atoms with Gasteiger partial charge in [-0.1, -0.05) is 147 Å². The lowest BCUT2D eigenvalue weighted by Crippen LogP contribution is -2.60. The molecule has 1 rings (SSSR count). The van der Waals surface area contributed by atoms with E-state index in [2.05, 4.69) is 43.5 Å². The van der Waals surface area contributed by atoms with E-state index in [0.717, 1.165) is 64.2 Å². The Morgan fingerprint density at radius 3 is 1.54 bits per heavy atom. The molecule has 0 aliphatic carbocycles. The third kappa shape index (κ3) is 30.1. The fourth-order valence-electron chi connectivity index (χ4n) is 6.34. The molecule has 0 saturated carbocycles. The van der Waals surface area contributed by atoms with Gasteiger partial charge in [0.15, 0.2) is 6.10 Å². The molecule has 1 aliphatic heterocycles. The molecule has 1 atom stereocenters. The van der Waals surface area contributed by atoms with Crippen molar-refractivity contribution in [2.24, 2.45) is 0 Å². The van der Waals surface area contributed by atoms with E-state index >= 15 is 0 Å². The SMILES string of the molecule is CCCCC/C=C\C/C=C\CCCCCCCC(=O)OCC(COC(=O)CCCCCCCCCCCCCCC)OC(=O)NC1CN(CCO)C1. The van der Waals surface area contributed by atoms with Crippen LogP contribution in [0.25, 0.3) is 0 Å². The van der Waals surface area contributed by atoms with Crippen molar-refractivity contribution in [3.05, 3.63) is 24.3 Å². The highest BCUT2D eigenvalue weighted by molar-refractivity contribution is 5.70. The molecule has 0 radical (unpaired) electrons. The Labute approximate surface area is 318 Å². The zero-order valence-corrected chi connectivity index (χ0v) is 33.4. The number of β-amino-alcohol motifs (C(OH)–C–C–N with tert-alkyl or cyclic N) is 1. The number of esters is 2. The van der Waals surface area contributed by atoms with Crippen LogP contribution in [0.4, 0.5) is 4.79 Å². The van der Waals surface area contributed by atoms with Gasteiger partial charge in [-0.15, -0.1) is 0 Å². The van der Waals surface area contributed by atoms with Crippen LogP contribution in [0.5, 0.6) is 0 Å². The first kappa shape index (κ1) is 47.6. The van der Waals surface area contributed by atoms with Gasteiger partial charge in [-0.25, -0.2) is 4.79 Å². The number of ether oxygens (including phenoxy) is 3. The molecule has 52 heavy (non-hydrogen) atoms. The number of aliphatic hydroxyl groups is 1. The number of nitrogens with one attached hydrogen (secondary N) is 1. The third-order valence-corrected chi connectivity index (χ3v) is 9.65. The van der Waals surface area contributed by atoms with Crippen molar-refractivity contribution in [2.45, 2.75) is 193 Å². The molecule has 0 aromatic carbocycles. The molecule has 9 nitrogen and oxygen atoms in total. The number of amides is 1. The number of aliphatic hydroxyl groups excluding tert-OH is 1. The molecule has 1 unspecified atom stereocenters. The van der Waals surface area contributed by atoms with Crippen molar-refractivity contribution >= 4 is 18.0 Å². The Kier molecular flexibility index (Phi) is 32.6. The lowest BCUT2D eigenvalue weighted by atomic mass is 10.0. The average Bonchev–Trinajstić information content (AvgIpc) is 3.12. The van der Waals surface area contributed by atoms with Gasteiger partial charge in [0.05, 0.1) is 12.6 Å². The van der Waals surface area contributed by atoms with E-state index in [4.69, 9.17) is 19.3 Å². The lowest BCUT2D eigenvalue weighted by molar-refractivity contribution is -0.152. The molecule has 1 fully saturated rings. The summed E-state index contributed by atoms with van der Waals surface area (Å²) in [5.41, 5.74) is 0. The van der Waals surface area contributed by atoms with Crippen LogP contribution in [-0.4, -0.2) is 79.6 Å². The van der Waals surface area contributed by atoms with E-state index in [0.29, 0.717) is 32.5 Å². The van der Waals surface area contributed by atoms with Gasteiger partial charge in [0.1, 0.15) is 13.2 Å². The number of likely N-dealkylation sites (tertiary alicyclic amines) is 1. The van der Waals surface area contributed by atoms with E-state index in [-0.39, 0.29) is 37.8 Å². The van der Waals surface area contributed by atoms with Crippen LogP contribution in [0.3, 0.4) is 0 Å². The van der Waals surface area contributed by atoms with Gasteiger partial charge in [-0.2, -0.15) is 0 Å². The fourth-order valence-corrected chi connectivity index (χ4v) is 6.34. The second-order valence-electron chi connectivity index (χ2n) is 14.7. The first-order chi connectivity index (χ1) is 25.5. The van der Waals surface area contributed by atoms with Crippen molar-refractivity contribution in [3.8, 4) is 0 Å². The molecule has 1 heterocycles. The topological polar surface area (TPSA) is 114 Å². The highest BCUT2D eigenvalue weighted by Gasteiger charge is 2.29. The van der Waals surface area contributed by atoms with Gasteiger partial charge >= 0.3 is 18.0 Å². The zero-order chi connectivity index (χ0) is 37.7. The van der Waals surface area contributed by atoms with Crippen LogP contribution < -0.4 is 5.32 Å². The normalized spacial score (nSPS) is 14.1. The number of alkyl carbamates (subject to hydrolysis) is 1. The number of unbranched alkanes of at least 4 members (excludes halogenated alkanes) is 20. The fraction of sp³-hybridized carbons (Fsp3) is 0.837. The maximum Gasteiger partial charge on any atom is 0.407 e. The second-order valence-corrected chi connectivity index (χ2v) is 14.7. The maximum absolute atomic E-state index is 12.6.